The number of nitrogens with zero attached hydrogens (tertiary/aromatic N) is 1. The van der Waals surface area contributed by atoms with Gasteiger partial charge in [0.25, 0.3) is 0 Å². The zero-order valence-electron chi connectivity index (χ0n) is 11.7. The molecule has 3 nitrogen and oxygen atoms in total. The number of pyridine rings is 1. The third kappa shape index (κ3) is 3.96. The molecule has 0 aliphatic carbocycles. The molecule has 1 heterocycles. The zero-order chi connectivity index (χ0) is 14.4. The highest BCUT2D eigenvalue weighted by Gasteiger charge is 2.11. The fourth-order valence-corrected chi connectivity index (χ4v) is 2.79. The maximum atomic E-state index is 11.5. The lowest BCUT2D eigenvalue weighted by Gasteiger charge is -2.03. The summed E-state index contributed by atoms with van der Waals surface area (Å²) < 4.78 is 11.5. The summed E-state index contributed by atoms with van der Waals surface area (Å²) in [5.74, 6) is 0. The van der Waals surface area contributed by atoms with E-state index in [1.807, 2.05) is 43.5 Å². The van der Waals surface area contributed by atoms with Gasteiger partial charge in [-0.05, 0) is 24.1 Å². The zero-order valence-corrected chi connectivity index (χ0v) is 12.6. The van der Waals surface area contributed by atoms with Crippen molar-refractivity contribution in [1.29, 1.82) is 0 Å². The van der Waals surface area contributed by atoms with Crippen LogP contribution in [0.1, 0.15) is 18.1 Å². The summed E-state index contributed by atoms with van der Waals surface area (Å²) in [5.41, 5.74) is 9.90. The minimum atomic E-state index is -1.05. The Morgan fingerprint density at radius 2 is 1.80 bits per heavy atom. The smallest absolute Gasteiger partial charge is 0.326 e. The predicted octanol–water partition coefficient (Wildman–Crippen LogP) is 3.60. The minimum Gasteiger partial charge on any atom is -0.326 e. The van der Waals surface area contributed by atoms with Crippen LogP contribution < -0.4 is 5.73 Å². The largest absolute Gasteiger partial charge is 0.338 e. The molecule has 1 aromatic heterocycles. The van der Waals surface area contributed by atoms with Crippen LogP contribution in [0.2, 0.25) is 0 Å². The van der Waals surface area contributed by atoms with Crippen LogP contribution >= 0.6 is 7.80 Å². The Hall–Kier alpha value is -1.57. The third-order valence-electron chi connectivity index (χ3n) is 3.31. The van der Waals surface area contributed by atoms with Crippen LogP contribution in [0, 0.1) is 0 Å². The van der Waals surface area contributed by atoms with Crippen LogP contribution in [0.3, 0.4) is 0 Å². The van der Waals surface area contributed by atoms with Crippen LogP contribution in [0.25, 0.3) is 11.3 Å². The first kappa shape index (κ1) is 14.8. The van der Waals surface area contributed by atoms with Crippen molar-refractivity contribution in [2.75, 3.05) is 12.3 Å². The summed E-state index contributed by atoms with van der Waals surface area (Å²) in [6, 6.07) is 12.2. The number of hydrogen-bond donors (Lipinski definition) is 1. The molecule has 0 aliphatic rings. The molecular formula is C16H20N2OP+. The molecule has 104 valence electrons. The maximum absolute atomic E-state index is 11.5. The number of nitrogens with two attached hydrogens (primary N) is 1. The van der Waals surface area contributed by atoms with Crippen molar-refractivity contribution >= 4 is 7.80 Å². The SMILES string of the molecule is CC[P+](=O)CCc1ccc(-c2ccc(CN)cc2)nc1. The van der Waals surface area contributed by atoms with E-state index in [4.69, 9.17) is 5.73 Å². The Morgan fingerprint density at radius 1 is 1.10 bits per heavy atom. The van der Waals surface area contributed by atoms with Gasteiger partial charge >= 0.3 is 7.80 Å². The fraction of sp³-hybridized carbons (Fsp3) is 0.312. The molecule has 1 aromatic carbocycles. The molecule has 2 N–H and O–H groups in total. The first-order valence-corrected chi connectivity index (χ1v) is 8.52. The summed E-state index contributed by atoms with van der Waals surface area (Å²) >= 11 is 0. The summed E-state index contributed by atoms with van der Waals surface area (Å²) in [5, 5.41) is 0. The highest BCUT2D eigenvalue weighted by molar-refractivity contribution is 7.44. The van der Waals surface area contributed by atoms with Gasteiger partial charge in [-0.2, -0.15) is 0 Å². The Kier molecular flexibility index (Phi) is 5.40. The third-order valence-corrected chi connectivity index (χ3v) is 4.74. The second kappa shape index (κ2) is 7.28. The van der Waals surface area contributed by atoms with Crippen LogP contribution in [0.15, 0.2) is 42.6 Å². The maximum Gasteiger partial charge on any atom is 0.338 e. The van der Waals surface area contributed by atoms with Gasteiger partial charge in [-0.1, -0.05) is 34.9 Å². The minimum absolute atomic E-state index is 0.558. The Bertz CT molecular complexity index is 564. The van der Waals surface area contributed by atoms with Gasteiger partial charge in [-0.25, -0.2) is 0 Å². The van der Waals surface area contributed by atoms with E-state index in [-0.39, 0.29) is 0 Å². The molecule has 0 fully saturated rings. The number of aryl methyl sites for hydroxylation is 1. The van der Waals surface area contributed by atoms with Gasteiger partial charge in [0.2, 0.25) is 0 Å². The first-order valence-electron chi connectivity index (χ1n) is 6.89. The average molecular weight is 287 g/mol. The van der Waals surface area contributed by atoms with Crippen molar-refractivity contribution < 1.29 is 4.57 Å². The van der Waals surface area contributed by atoms with Crippen molar-refractivity contribution in [2.24, 2.45) is 5.73 Å². The molecule has 0 saturated carbocycles. The highest BCUT2D eigenvalue weighted by Crippen LogP contribution is 2.22. The van der Waals surface area contributed by atoms with Crippen LogP contribution in [-0.2, 0) is 17.5 Å². The molecule has 0 bridgehead atoms. The molecule has 0 amide bonds. The highest BCUT2D eigenvalue weighted by atomic mass is 31.1. The summed E-state index contributed by atoms with van der Waals surface area (Å²) in [6.45, 7) is 2.52. The van der Waals surface area contributed by atoms with Crippen LogP contribution in [-0.4, -0.2) is 17.3 Å². The molecule has 0 saturated heterocycles. The van der Waals surface area contributed by atoms with Crippen molar-refractivity contribution in [3.8, 4) is 11.3 Å². The second-order valence-electron chi connectivity index (χ2n) is 4.72. The van der Waals surface area contributed by atoms with E-state index in [1.54, 1.807) is 0 Å². The van der Waals surface area contributed by atoms with Gasteiger partial charge in [0.05, 0.1) is 5.69 Å². The predicted molar refractivity (Wildman–Crippen MR) is 84.3 cm³/mol. The van der Waals surface area contributed by atoms with E-state index < -0.39 is 7.80 Å². The van der Waals surface area contributed by atoms with Gasteiger partial charge < -0.3 is 5.73 Å². The van der Waals surface area contributed by atoms with Gasteiger partial charge in [0.1, 0.15) is 12.3 Å². The number of hydrogen-bond acceptors (Lipinski definition) is 3. The lowest BCUT2D eigenvalue weighted by molar-refractivity contribution is 0.588. The Balaban J connectivity index is 2.05. The molecule has 0 aliphatic heterocycles. The van der Waals surface area contributed by atoms with E-state index in [0.717, 1.165) is 41.1 Å². The quantitative estimate of drug-likeness (QED) is 0.826. The van der Waals surface area contributed by atoms with E-state index >= 15 is 0 Å². The number of rotatable bonds is 6. The van der Waals surface area contributed by atoms with E-state index in [1.165, 1.54) is 0 Å². The van der Waals surface area contributed by atoms with Gasteiger partial charge in [0.15, 0.2) is 0 Å². The lowest BCUT2D eigenvalue weighted by Crippen LogP contribution is -1.95. The number of benzene rings is 1. The van der Waals surface area contributed by atoms with Crippen molar-refractivity contribution in [1.82, 2.24) is 4.98 Å². The van der Waals surface area contributed by atoms with Crippen molar-refractivity contribution in [3.05, 3.63) is 53.7 Å². The molecule has 20 heavy (non-hydrogen) atoms. The monoisotopic (exact) mass is 287 g/mol. The standard InChI is InChI=1S/C16H20N2OP/c1-2-20(19)10-9-14-5-8-16(18-12-14)15-6-3-13(11-17)4-7-15/h3-8,12H,2,9-11,17H2,1H3/q+1. The number of aromatic nitrogens is 1. The molecule has 0 spiro atoms. The molecular weight excluding hydrogens is 267 g/mol. The lowest BCUT2D eigenvalue weighted by atomic mass is 10.1. The normalized spacial score (nSPS) is 11.4. The van der Waals surface area contributed by atoms with Crippen LogP contribution in [0.4, 0.5) is 0 Å². The second-order valence-corrected chi connectivity index (χ2v) is 6.77. The molecule has 1 atom stereocenters. The first-order chi connectivity index (χ1) is 9.72. The van der Waals surface area contributed by atoms with Gasteiger partial charge in [0, 0.05) is 24.7 Å². The van der Waals surface area contributed by atoms with Crippen molar-refractivity contribution in [3.63, 3.8) is 0 Å². The molecule has 0 radical (unpaired) electrons. The Morgan fingerprint density at radius 3 is 2.35 bits per heavy atom. The van der Waals surface area contributed by atoms with E-state index in [2.05, 4.69) is 11.1 Å². The van der Waals surface area contributed by atoms with Gasteiger partial charge in [-0.3, -0.25) is 4.98 Å². The molecule has 1 unspecified atom stereocenters. The van der Waals surface area contributed by atoms with Crippen molar-refractivity contribution in [2.45, 2.75) is 19.9 Å². The van der Waals surface area contributed by atoms with Gasteiger partial charge in [-0.15, -0.1) is 0 Å². The summed E-state index contributed by atoms with van der Waals surface area (Å²) in [4.78, 5) is 4.48. The topological polar surface area (TPSA) is 56.0 Å². The summed E-state index contributed by atoms with van der Waals surface area (Å²) in [6.07, 6.45) is 4.22. The van der Waals surface area contributed by atoms with E-state index in [9.17, 15) is 4.57 Å². The van der Waals surface area contributed by atoms with E-state index in [0.29, 0.717) is 6.54 Å². The molecule has 2 rings (SSSR count). The summed E-state index contributed by atoms with van der Waals surface area (Å²) in [7, 11) is -1.05. The fourth-order valence-electron chi connectivity index (χ4n) is 1.97. The molecule has 2 aromatic rings. The Labute approximate surface area is 121 Å². The molecule has 4 heteroatoms. The average Bonchev–Trinajstić information content (AvgIpc) is 2.53. The van der Waals surface area contributed by atoms with Crippen LogP contribution in [0.5, 0.6) is 0 Å².